The fourth-order valence-electron chi connectivity index (χ4n) is 1.46. The van der Waals surface area contributed by atoms with E-state index in [1.165, 1.54) is 6.07 Å². The van der Waals surface area contributed by atoms with E-state index in [-0.39, 0.29) is 5.82 Å². The molecule has 16 heavy (non-hydrogen) atoms. The smallest absolute Gasteiger partial charge is 0.128 e. The van der Waals surface area contributed by atoms with Crippen molar-refractivity contribution in [2.45, 2.75) is 6.04 Å². The fourth-order valence-corrected chi connectivity index (χ4v) is 1.69. The molecular weight excluding hydrogens is 271 g/mol. The molecule has 1 heterocycles. The molecule has 0 radical (unpaired) electrons. The highest BCUT2D eigenvalue weighted by atomic mass is 79.9. The van der Waals surface area contributed by atoms with E-state index < -0.39 is 6.04 Å². The quantitative estimate of drug-likeness (QED) is 0.919. The lowest BCUT2D eigenvalue weighted by Crippen LogP contribution is -2.14. The molecule has 0 spiro atoms. The predicted molar refractivity (Wildman–Crippen MR) is 64.4 cm³/mol. The van der Waals surface area contributed by atoms with Crippen LogP contribution in [0.5, 0.6) is 0 Å². The van der Waals surface area contributed by atoms with E-state index in [1.807, 2.05) is 6.07 Å². The summed E-state index contributed by atoms with van der Waals surface area (Å²) < 4.78 is 14.4. The van der Waals surface area contributed by atoms with Gasteiger partial charge in [-0.25, -0.2) is 4.39 Å². The van der Waals surface area contributed by atoms with Crippen LogP contribution < -0.4 is 5.73 Å². The minimum Gasteiger partial charge on any atom is -0.319 e. The van der Waals surface area contributed by atoms with Crippen molar-refractivity contribution in [2.75, 3.05) is 0 Å². The summed E-state index contributed by atoms with van der Waals surface area (Å²) in [7, 11) is 0. The van der Waals surface area contributed by atoms with Gasteiger partial charge in [-0.3, -0.25) is 4.98 Å². The van der Waals surface area contributed by atoms with Crippen LogP contribution in [0.15, 0.2) is 47.1 Å². The van der Waals surface area contributed by atoms with Crippen molar-refractivity contribution in [1.82, 2.24) is 4.98 Å². The molecule has 1 unspecified atom stereocenters. The highest BCUT2D eigenvalue weighted by Gasteiger charge is 2.13. The zero-order chi connectivity index (χ0) is 11.5. The van der Waals surface area contributed by atoms with Gasteiger partial charge in [0.2, 0.25) is 0 Å². The Balaban J connectivity index is 2.35. The summed E-state index contributed by atoms with van der Waals surface area (Å²) in [6.07, 6.45) is 1.65. The number of rotatable bonds is 2. The van der Waals surface area contributed by atoms with E-state index >= 15 is 0 Å². The van der Waals surface area contributed by atoms with Crippen molar-refractivity contribution in [2.24, 2.45) is 5.73 Å². The van der Waals surface area contributed by atoms with Crippen LogP contribution in [0, 0.1) is 5.82 Å². The van der Waals surface area contributed by atoms with E-state index in [9.17, 15) is 4.39 Å². The van der Waals surface area contributed by atoms with Gasteiger partial charge >= 0.3 is 0 Å². The van der Waals surface area contributed by atoms with E-state index in [0.29, 0.717) is 11.3 Å². The molecule has 0 saturated carbocycles. The summed E-state index contributed by atoms with van der Waals surface area (Å²) in [4.78, 5) is 4.16. The molecule has 82 valence electrons. The predicted octanol–water partition coefficient (Wildman–Crippen LogP) is 3.03. The number of nitrogens with zero attached hydrogens (tertiary/aromatic N) is 1. The minimum absolute atomic E-state index is 0.306. The third-order valence-electron chi connectivity index (χ3n) is 2.31. The van der Waals surface area contributed by atoms with Crippen LogP contribution in [-0.4, -0.2) is 4.98 Å². The first-order valence-electron chi connectivity index (χ1n) is 4.80. The summed E-state index contributed by atoms with van der Waals surface area (Å²) >= 11 is 3.29. The van der Waals surface area contributed by atoms with Gasteiger partial charge in [-0.2, -0.15) is 0 Å². The Labute approximate surface area is 101 Å². The summed E-state index contributed by atoms with van der Waals surface area (Å²) in [5.74, 6) is -0.306. The Morgan fingerprint density at radius 1 is 1.19 bits per heavy atom. The maximum absolute atomic E-state index is 13.5. The van der Waals surface area contributed by atoms with Crippen molar-refractivity contribution < 1.29 is 4.39 Å². The molecule has 0 amide bonds. The third kappa shape index (κ3) is 2.28. The number of nitrogens with two attached hydrogens (primary N) is 1. The number of hydrogen-bond donors (Lipinski definition) is 1. The molecule has 2 N–H and O–H groups in total. The molecule has 0 aliphatic carbocycles. The zero-order valence-electron chi connectivity index (χ0n) is 8.40. The van der Waals surface area contributed by atoms with Crippen molar-refractivity contribution in [3.05, 3.63) is 64.1 Å². The first kappa shape index (κ1) is 11.2. The molecule has 1 aromatic carbocycles. The van der Waals surface area contributed by atoms with Crippen molar-refractivity contribution in [1.29, 1.82) is 0 Å². The van der Waals surface area contributed by atoms with Crippen LogP contribution in [0.3, 0.4) is 0 Å². The molecule has 0 aliphatic heterocycles. The van der Waals surface area contributed by atoms with Crippen LogP contribution in [0.25, 0.3) is 0 Å². The highest BCUT2D eigenvalue weighted by molar-refractivity contribution is 9.10. The number of pyridine rings is 1. The monoisotopic (exact) mass is 280 g/mol. The topological polar surface area (TPSA) is 38.9 Å². The third-order valence-corrected chi connectivity index (χ3v) is 2.78. The molecule has 1 atom stereocenters. The van der Waals surface area contributed by atoms with Crippen LogP contribution in [-0.2, 0) is 0 Å². The fraction of sp³-hybridized carbons (Fsp3) is 0.0833. The summed E-state index contributed by atoms with van der Waals surface area (Å²) in [6, 6.07) is 9.55. The second kappa shape index (κ2) is 4.72. The summed E-state index contributed by atoms with van der Waals surface area (Å²) in [5.41, 5.74) is 7.05. The molecule has 0 saturated heterocycles. The van der Waals surface area contributed by atoms with Crippen molar-refractivity contribution in [3.8, 4) is 0 Å². The second-order valence-corrected chi connectivity index (χ2v) is 4.32. The summed E-state index contributed by atoms with van der Waals surface area (Å²) in [6.45, 7) is 0. The normalized spacial score (nSPS) is 12.4. The van der Waals surface area contributed by atoms with E-state index in [2.05, 4.69) is 20.9 Å². The average Bonchev–Trinajstić information content (AvgIpc) is 2.30. The Kier molecular flexibility index (Phi) is 3.31. The minimum atomic E-state index is -0.533. The molecule has 0 aliphatic rings. The van der Waals surface area contributed by atoms with E-state index in [1.54, 1.807) is 30.5 Å². The molecule has 4 heteroatoms. The Hall–Kier alpha value is -1.26. The molecule has 1 aromatic heterocycles. The van der Waals surface area contributed by atoms with Crippen LogP contribution in [0.4, 0.5) is 4.39 Å². The molecule has 2 aromatic rings. The van der Waals surface area contributed by atoms with Crippen LogP contribution in [0.2, 0.25) is 0 Å². The molecule has 2 rings (SSSR count). The van der Waals surface area contributed by atoms with Crippen LogP contribution in [0.1, 0.15) is 17.3 Å². The molecule has 0 fully saturated rings. The standard InChI is InChI=1S/C12H10BrFN2/c13-8-5-6-11(16-7-8)12(15)9-3-1-2-4-10(9)14/h1-7,12H,15H2. The number of hydrogen-bond acceptors (Lipinski definition) is 2. The van der Waals surface area contributed by atoms with Gasteiger partial charge in [0.05, 0.1) is 11.7 Å². The van der Waals surface area contributed by atoms with Gasteiger partial charge in [-0.05, 0) is 34.1 Å². The lowest BCUT2D eigenvalue weighted by atomic mass is 10.0. The van der Waals surface area contributed by atoms with Crippen molar-refractivity contribution >= 4 is 15.9 Å². The first-order valence-corrected chi connectivity index (χ1v) is 5.59. The Bertz CT molecular complexity index is 485. The second-order valence-electron chi connectivity index (χ2n) is 3.40. The lowest BCUT2D eigenvalue weighted by Gasteiger charge is -2.12. The van der Waals surface area contributed by atoms with E-state index in [4.69, 9.17) is 5.73 Å². The largest absolute Gasteiger partial charge is 0.319 e. The van der Waals surface area contributed by atoms with Gasteiger partial charge in [0.1, 0.15) is 5.82 Å². The van der Waals surface area contributed by atoms with Gasteiger partial charge in [0.15, 0.2) is 0 Å². The number of benzene rings is 1. The van der Waals surface area contributed by atoms with E-state index in [0.717, 1.165) is 4.47 Å². The maximum atomic E-state index is 13.5. The SMILES string of the molecule is NC(c1ccc(Br)cn1)c1ccccc1F. The van der Waals surface area contributed by atoms with Gasteiger partial charge in [0.25, 0.3) is 0 Å². The molecule has 2 nitrogen and oxygen atoms in total. The van der Waals surface area contributed by atoms with Gasteiger partial charge in [-0.1, -0.05) is 18.2 Å². The highest BCUT2D eigenvalue weighted by Crippen LogP contribution is 2.21. The van der Waals surface area contributed by atoms with Gasteiger partial charge in [-0.15, -0.1) is 0 Å². The summed E-state index contributed by atoms with van der Waals surface area (Å²) in [5, 5.41) is 0. The number of halogens is 2. The Morgan fingerprint density at radius 3 is 2.56 bits per heavy atom. The van der Waals surface area contributed by atoms with Gasteiger partial charge in [0, 0.05) is 16.2 Å². The zero-order valence-corrected chi connectivity index (χ0v) is 9.99. The first-order chi connectivity index (χ1) is 7.68. The lowest BCUT2D eigenvalue weighted by molar-refractivity contribution is 0.597. The van der Waals surface area contributed by atoms with Crippen LogP contribution >= 0.6 is 15.9 Å². The Morgan fingerprint density at radius 2 is 1.94 bits per heavy atom. The maximum Gasteiger partial charge on any atom is 0.128 e. The van der Waals surface area contributed by atoms with Gasteiger partial charge < -0.3 is 5.73 Å². The average molecular weight is 281 g/mol. The molecular formula is C12H10BrFN2. The molecule has 0 bridgehead atoms. The number of aromatic nitrogens is 1. The van der Waals surface area contributed by atoms with Crippen molar-refractivity contribution in [3.63, 3.8) is 0 Å².